The normalized spacial score (nSPS) is 11.9. The first kappa shape index (κ1) is 20.2. The van der Waals surface area contributed by atoms with E-state index in [1.807, 2.05) is 0 Å². The number of nitrogens with zero attached hydrogens (tertiary/aromatic N) is 1. The molecule has 3 rings (SSSR count). The molecule has 1 aromatic heterocycles. The van der Waals surface area contributed by atoms with Gasteiger partial charge in [0.15, 0.2) is 5.82 Å². The molecule has 1 N–H and O–H groups in total. The Kier molecular flexibility index (Phi) is 6.28. The molecule has 0 saturated heterocycles. The number of nitrogens with one attached hydrogen (secondary N) is 1. The minimum absolute atomic E-state index is 0.189. The van der Waals surface area contributed by atoms with E-state index in [2.05, 4.69) is 10.3 Å². The largest absolute Gasteiger partial charge is 0.324 e. The van der Waals surface area contributed by atoms with Crippen LogP contribution in [0, 0.1) is 26.8 Å². The van der Waals surface area contributed by atoms with Gasteiger partial charge in [-0.25, -0.2) is 17.6 Å². The highest BCUT2D eigenvalue weighted by atomic mass is 127. The van der Waals surface area contributed by atoms with Crippen molar-refractivity contribution < 1.29 is 22.4 Å². The zero-order valence-electron chi connectivity index (χ0n) is 14.2. The van der Waals surface area contributed by atoms with Gasteiger partial charge < -0.3 is 5.32 Å². The Labute approximate surface area is 171 Å². The number of carbonyl (C=O) groups is 1. The van der Waals surface area contributed by atoms with Crippen molar-refractivity contribution in [2.45, 2.75) is 12.3 Å². The van der Waals surface area contributed by atoms with Crippen molar-refractivity contribution in [3.8, 4) is 0 Å². The van der Waals surface area contributed by atoms with Gasteiger partial charge in [0, 0.05) is 18.4 Å². The minimum Gasteiger partial charge on any atom is -0.324 e. The maximum Gasteiger partial charge on any atom is 0.225 e. The second kappa shape index (κ2) is 8.68. The SMILES string of the molecule is O=C(C[C@H](c1ccc(F)cc1)c1cc(F)cc(F)c1)Nc1cncc(F)c1I. The summed E-state index contributed by atoms with van der Waals surface area (Å²) in [7, 11) is 0. The monoisotopic (exact) mass is 500 g/mol. The molecule has 0 radical (unpaired) electrons. The van der Waals surface area contributed by atoms with Crippen LogP contribution in [0.15, 0.2) is 54.9 Å². The molecule has 3 nitrogen and oxygen atoms in total. The lowest BCUT2D eigenvalue weighted by molar-refractivity contribution is -0.116. The summed E-state index contributed by atoms with van der Waals surface area (Å²) < 4.78 is 54.5. The van der Waals surface area contributed by atoms with E-state index >= 15 is 0 Å². The third-order valence-electron chi connectivity index (χ3n) is 4.06. The third-order valence-corrected chi connectivity index (χ3v) is 5.16. The number of aromatic nitrogens is 1. The molecule has 144 valence electrons. The number of amides is 1. The van der Waals surface area contributed by atoms with Crippen LogP contribution in [0.5, 0.6) is 0 Å². The molecule has 3 aromatic rings. The molecular weight excluding hydrogens is 487 g/mol. The highest BCUT2D eigenvalue weighted by Crippen LogP contribution is 2.30. The number of rotatable bonds is 5. The fraction of sp³-hybridized carbons (Fsp3) is 0.100. The van der Waals surface area contributed by atoms with E-state index in [4.69, 9.17) is 0 Å². The van der Waals surface area contributed by atoms with Crippen LogP contribution in [-0.2, 0) is 4.79 Å². The first-order chi connectivity index (χ1) is 13.3. The van der Waals surface area contributed by atoms with Crippen molar-refractivity contribution in [1.82, 2.24) is 4.98 Å². The van der Waals surface area contributed by atoms with Crippen LogP contribution in [0.1, 0.15) is 23.5 Å². The van der Waals surface area contributed by atoms with Crippen LogP contribution in [0.2, 0.25) is 0 Å². The molecule has 0 aliphatic carbocycles. The van der Waals surface area contributed by atoms with Crippen molar-refractivity contribution >= 4 is 34.2 Å². The van der Waals surface area contributed by atoms with Crippen LogP contribution in [0.25, 0.3) is 0 Å². The van der Waals surface area contributed by atoms with E-state index in [0.717, 1.165) is 24.4 Å². The predicted molar refractivity (Wildman–Crippen MR) is 105 cm³/mol. The maximum atomic E-state index is 13.7. The highest BCUT2D eigenvalue weighted by Gasteiger charge is 2.21. The quantitative estimate of drug-likeness (QED) is 0.377. The predicted octanol–water partition coefficient (Wildman–Crippen LogP) is 5.40. The average molecular weight is 500 g/mol. The van der Waals surface area contributed by atoms with Crippen LogP contribution in [0.3, 0.4) is 0 Å². The number of hydrogen-bond acceptors (Lipinski definition) is 2. The smallest absolute Gasteiger partial charge is 0.225 e. The van der Waals surface area contributed by atoms with E-state index < -0.39 is 35.1 Å². The lowest BCUT2D eigenvalue weighted by Crippen LogP contribution is -2.18. The van der Waals surface area contributed by atoms with E-state index in [1.165, 1.54) is 30.5 Å². The molecule has 0 unspecified atom stereocenters. The van der Waals surface area contributed by atoms with Gasteiger partial charge in [-0.1, -0.05) is 12.1 Å². The van der Waals surface area contributed by atoms with Gasteiger partial charge in [0.1, 0.15) is 17.5 Å². The van der Waals surface area contributed by atoms with Crippen molar-refractivity contribution in [2.75, 3.05) is 5.32 Å². The number of halogens is 5. The lowest BCUT2D eigenvalue weighted by atomic mass is 9.88. The first-order valence-corrected chi connectivity index (χ1v) is 9.21. The Balaban J connectivity index is 1.91. The lowest BCUT2D eigenvalue weighted by Gasteiger charge is -2.18. The number of anilines is 1. The summed E-state index contributed by atoms with van der Waals surface area (Å²) in [6.07, 6.45) is 2.13. The minimum atomic E-state index is -0.786. The van der Waals surface area contributed by atoms with Gasteiger partial charge in [0.05, 0.1) is 21.7 Å². The van der Waals surface area contributed by atoms with Crippen LogP contribution in [-0.4, -0.2) is 10.9 Å². The van der Waals surface area contributed by atoms with Gasteiger partial charge in [-0.15, -0.1) is 0 Å². The molecule has 1 amide bonds. The van der Waals surface area contributed by atoms with E-state index in [0.29, 0.717) is 5.56 Å². The van der Waals surface area contributed by atoms with Gasteiger partial charge >= 0.3 is 0 Å². The molecule has 0 aliphatic rings. The zero-order chi connectivity index (χ0) is 20.3. The van der Waals surface area contributed by atoms with E-state index in [-0.39, 0.29) is 21.2 Å². The van der Waals surface area contributed by atoms with Crippen LogP contribution >= 0.6 is 22.6 Å². The van der Waals surface area contributed by atoms with Gasteiger partial charge in [0.25, 0.3) is 0 Å². The van der Waals surface area contributed by atoms with Crippen molar-refractivity contribution in [3.05, 3.63) is 92.8 Å². The fourth-order valence-corrected chi connectivity index (χ4v) is 3.21. The van der Waals surface area contributed by atoms with Gasteiger partial charge in [-0.05, 0) is 58.0 Å². The summed E-state index contributed by atoms with van der Waals surface area (Å²) in [5.74, 6) is -3.87. The average Bonchev–Trinajstić information content (AvgIpc) is 2.63. The summed E-state index contributed by atoms with van der Waals surface area (Å²) in [4.78, 5) is 16.2. The molecule has 2 aromatic carbocycles. The summed E-state index contributed by atoms with van der Waals surface area (Å²) in [5, 5.41) is 2.55. The molecular formula is C20H13F4IN2O. The van der Waals surface area contributed by atoms with E-state index in [9.17, 15) is 22.4 Å². The van der Waals surface area contributed by atoms with E-state index in [1.54, 1.807) is 22.6 Å². The van der Waals surface area contributed by atoms with Crippen molar-refractivity contribution in [3.63, 3.8) is 0 Å². The molecule has 1 atom stereocenters. The van der Waals surface area contributed by atoms with Gasteiger partial charge in [-0.2, -0.15) is 0 Å². The molecule has 0 spiro atoms. The first-order valence-electron chi connectivity index (χ1n) is 8.14. The number of benzene rings is 2. The Morgan fingerprint density at radius 1 is 0.929 bits per heavy atom. The molecule has 8 heteroatoms. The molecule has 1 heterocycles. The standard InChI is InChI=1S/C20H13F4IN2O/c21-13-3-1-11(2-4-13)16(12-5-14(22)7-15(23)6-12)8-19(28)27-18-10-26-9-17(24)20(18)25/h1-7,9-10,16H,8H2,(H,27,28)/t16-/m1/s1. The van der Waals surface area contributed by atoms with Crippen molar-refractivity contribution in [1.29, 1.82) is 0 Å². The summed E-state index contributed by atoms with van der Waals surface area (Å²) in [5.41, 5.74) is 0.925. The number of pyridine rings is 1. The Morgan fingerprint density at radius 3 is 2.21 bits per heavy atom. The molecule has 28 heavy (non-hydrogen) atoms. The second-order valence-corrected chi connectivity index (χ2v) is 7.12. The number of hydrogen-bond donors (Lipinski definition) is 1. The van der Waals surface area contributed by atoms with Crippen molar-refractivity contribution in [2.24, 2.45) is 0 Å². The fourth-order valence-electron chi connectivity index (χ4n) is 2.79. The number of carbonyl (C=O) groups excluding carboxylic acids is 1. The summed E-state index contributed by atoms with van der Waals surface area (Å²) in [6, 6.07) is 8.28. The molecule has 0 fully saturated rings. The summed E-state index contributed by atoms with van der Waals surface area (Å²) >= 11 is 1.74. The zero-order valence-corrected chi connectivity index (χ0v) is 16.4. The van der Waals surface area contributed by atoms with Crippen LogP contribution < -0.4 is 5.32 Å². The highest BCUT2D eigenvalue weighted by molar-refractivity contribution is 14.1. The summed E-state index contributed by atoms with van der Waals surface area (Å²) in [6.45, 7) is 0. The molecule has 0 bridgehead atoms. The van der Waals surface area contributed by atoms with Gasteiger partial charge in [0.2, 0.25) is 5.91 Å². The van der Waals surface area contributed by atoms with Crippen LogP contribution in [0.4, 0.5) is 23.2 Å². The maximum absolute atomic E-state index is 13.7. The Hall–Kier alpha value is -2.49. The molecule has 0 saturated carbocycles. The Morgan fingerprint density at radius 2 is 1.57 bits per heavy atom. The molecule has 0 aliphatic heterocycles. The Bertz CT molecular complexity index is 991. The topological polar surface area (TPSA) is 42.0 Å². The second-order valence-electron chi connectivity index (χ2n) is 6.04. The third kappa shape index (κ3) is 4.86. The van der Waals surface area contributed by atoms with Gasteiger partial charge in [-0.3, -0.25) is 9.78 Å².